The summed E-state index contributed by atoms with van der Waals surface area (Å²) in [6.07, 6.45) is 7.98. The number of aromatic nitrogens is 4. The summed E-state index contributed by atoms with van der Waals surface area (Å²) in [4.78, 5) is 23.8. The molecule has 0 amide bonds. The van der Waals surface area contributed by atoms with Gasteiger partial charge in [-0.05, 0) is 36.0 Å². The molecule has 4 N–H and O–H groups in total. The second-order valence-corrected chi connectivity index (χ2v) is 7.93. The minimum absolute atomic E-state index is 0.0503. The lowest BCUT2D eigenvalue weighted by Crippen LogP contribution is -2.25. The van der Waals surface area contributed by atoms with Gasteiger partial charge in [-0.3, -0.25) is 14.3 Å². The first-order chi connectivity index (χ1) is 15.4. The predicted molar refractivity (Wildman–Crippen MR) is 126 cm³/mol. The number of H-pyrrole nitrogens is 1. The highest BCUT2D eigenvalue weighted by Gasteiger charge is 2.18. The number of rotatable bonds is 6. The Kier molecular flexibility index (Phi) is 7.07. The number of hydrogen-bond acceptors (Lipinski definition) is 6. The van der Waals surface area contributed by atoms with Gasteiger partial charge in [0, 0.05) is 23.4 Å². The fourth-order valence-corrected chi connectivity index (χ4v) is 3.04. The van der Waals surface area contributed by atoms with Gasteiger partial charge in [0.25, 0.3) is 5.56 Å². The van der Waals surface area contributed by atoms with E-state index in [1.165, 1.54) is 12.5 Å². The van der Waals surface area contributed by atoms with Gasteiger partial charge >= 0.3 is 0 Å². The Morgan fingerprint density at radius 2 is 2.00 bits per heavy atom. The Labute approximate surface area is 186 Å². The minimum Gasteiger partial charge on any atom is -0.493 e. The topological polar surface area (TPSA) is 119 Å². The summed E-state index contributed by atoms with van der Waals surface area (Å²) in [6.45, 7) is 7.48. The van der Waals surface area contributed by atoms with Crippen LogP contribution in [-0.2, 0) is 0 Å². The van der Waals surface area contributed by atoms with Crippen LogP contribution in [0.1, 0.15) is 13.8 Å². The van der Waals surface area contributed by atoms with Gasteiger partial charge in [-0.2, -0.15) is 0 Å². The molecule has 0 saturated carbocycles. The van der Waals surface area contributed by atoms with Gasteiger partial charge in [0.2, 0.25) is 0 Å². The van der Waals surface area contributed by atoms with E-state index in [0.717, 1.165) is 16.8 Å². The van der Waals surface area contributed by atoms with Crippen molar-refractivity contribution < 1.29 is 9.84 Å². The lowest BCUT2D eigenvalue weighted by atomic mass is 9.96. The van der Waals surface area contributed by atoms with E-state index in [2.05, 4.69) is 27.3 Å². The van der Waals surface area contributed by atoms with Crippen molar-refractivity contribution in [1.29, 1.82) is 0 Å². The van der Waals surface area contributed by atoms with Crippen LogP contribution < -0.4 is 16.0 Å². The van der Waals surface area contributed by atoms with Gasteiger partial charge < -0.3 is 20.6 Å². The van der Waals surface area contributed by atoms with Crippen molar-refractivity contribution in [1.82, 2.24) is 19.5 Å². The van der Waals surface area contributed by atoms with E-state index in [4.69, 9.17) is 4.74 Å². The number of nitrogens with zero attached hydrogens (tertiary/aromatic N) is 3. The van der Waals surface area contributed by atoms with Crippen molar-refractivity contribution in [3.63, 3.8) is 0 Å². The van der Waals surface area contributed by atoms with E-state index in [1.54, 1.807) is 12.4 Å². The fourth-order valence-electron chi connectivity index (χ4n) is 3.04. The van der Waals surface area contributed by atoms with Crippen LogP contribution in [0.25, 0.3) is 27.8 Å². The van der Waals surface area contributed by atoms with Crippen LogP contribution in [0.3, 0.4) is 0 Å². The number of benzene rings is 1. The maximum atomic E-state index is 12.6. The van der Waals surface area contributed by atoms with E-state index in [-0.39, 0.29) is 17.6 Å². The third kappa shape index (κ3) is 5.04. The van der Waals surface area contributed by atoms with Crippen molar-refractivity contribution in [3.05, 3.63) is 84.4 Å². The number of ether oxygens (including phenoxy) is 1. The number of aliphatic hydroxyl groups excluding tert-OH is 1. The molecule has 32 heavy (non-hydrogen) atoms. The molecular weight excluding hydrogens is 406 g/mol. The summed E-state index contributed by atoms with van der Waals surface area (Å²) in [7, 11) is 0. The highest BCUT2D eigenvalue weighted by Crippen LogP contribution is 2.30. The Morgan fingerprint density at radius 1 is 1.28 bits per heavy atom. The lowest BCUT2D eigenvalue weighted by molar-refractivity contribution is 0.0976. The Balaban J connectivity index is 0.000000913. The van der Waals surface area contributed by atoms with Crippen LogP contribution >= 0.6 is 0 Å². The molecule has 0 unspecified atom stereocenters. The second kappa shape index (κ2) is 9.93. The molecule has 3 aromatic heterocycles. The molecule has 1 aromatic carbocycles. The molecule has 0 aliphatic carbocycles. The van der Waals surface area contributed by atoms with Crippen molar-refractivity contribution >= 4 is 11.0 Å². The minimum atomic E-state index is -0.311. The lowest BCUT2D eigenvalue weighted by Gasteiger charge is -2.21. The highest BCUT2D eigenvalue weighted by molar-refractivity contribution is 5.94. The van der Waals surface area contributed by atoms with Gasteiger partial charge in [-0.25, -0.2) is 4.98 Å². The zero-order valence-corrected chi connectivity index (χ0v) is 18.2. The molecule has 3 heterocycles. The molecule has 8 heteroatoms. The molecule has 0 radical (unpaired) electrons. The third-order valence-electron chi connectivity index (χ3n) is 4.74. The van der Waals surface area contributed by atoms with Crippen LogP contribution in [-0.4, -0.2) is 37.8 Å². The van der Waals surface area contributed by atoms with Crippen LogP contribution in [0, 0.1) is 5.41 Å². The van der Waals surface area contributed by atoms with Gasteiger partial charge in [0.05, 0.1) is 36.8 Å². The van der Waals surface area contributed by atoms with Crippen molar-refractivity contribution in [3.8, 4) is 22.6 Å². The molecule has 0 aliphatic rings. The summed E-state index contributed by atoms with van der Waals surface area (Å²) in [5.74, 6) is 0.707. The molecule has 0 atom stereocenters. The van der Waals surface area contributed by atoms with Gasteiger partial charge in [-0.1, -0.05) is 32.6 Å². The summed E-state index contributed by atoms with van der Waals surface area (Å²) in [5, 5.41) is 9.88. The average molecular weight is 434 g/mol. The first kappa shape index (κ1) is 22.8. The predicted octanol–water partition coefficient (Wildman–Crippen LogP) is 3.26. The Hall–Kier alpha value is -3.91. The van der Waals surface area contributed by atoms with Crippen LogP contribution in [0.5, 0.6) is 5.75 Å². The largest absolute Gasteiger partial charge is 0.493 e. The standard InChI is InChI=1S/C22H22N4O3.C2H5N/c1-22(2,12-27)13-29-17-7-5-15(6-8-17)18-11-26(16-4-3-9-23-10-16)20-19(18)21(28)25-14-24-20;1-2-3/h3-11,14,27H,12-13H2,1-2H3,(H,24,25,28);2H,1,3H2. The van der Waals surface area contributed by atoms with Gasteiger partial charge in [0.1, 0.15) is 5.75 Å². The van der Waals surface area contributed by atoms with E-state index >= 15 is 0 Å². The highest BCUT2D eigenvalue weighted by atomic mass is 16.5. The normalized spacial score (nSPS) is 11.0. The number of aromatic amines is 1. The Morgan fingerprint density at radius 3 is 2.62 bits per heavy atom. The monoisotopic (exact) mass is 433 g/mol. The van der Waals surface area contributed by atoms with Crippen molar-refractivity contribution in [2.75, 3.05) is 13.2 Å². The number of fused-ring (bicyclic) bond motifs is 1. The first-order valence-electron chi connectivity index (χ1n) is 10.1. The van der Waals surface area contributed by atoms with E-state index in [9.17, 15) is 9.90 Å². The summed E-state index contributed by atoms with van der Waals surface area (Å²) >= 11 is 0. The molecule has 0 fully saturated rings. The maximum Gasteiger partial charge on any atom is 0.260 e. The number of hydrogen-bond donors (Lipinski definition) is 3. The SMILES string of the molecule is C=CN.CC(C)(CO)COc1ccc(-c2cn(-c3cccnc3)c3nc[nH]c(=O)c23)cc1. The van der Waals surface area contributed by atoms with E-state index in [1.807, 2.05) is 61.0 Å². The fraction of sp³-hybridized carbons (Fsp3) is 0.208. The zero-order valence-electron chi connectivity index (χ0n) is 18.2. The summed E-state index contributed by atoms with van der Waals surface area (Å²) < 4.78 is 7.65. The number of nitrogens with one attached hydrogen (secondary N) is 1. The van der Waals surface area contributed by atoms with Crippen LogP contribution in [0.2, 0.25) is 0 Å². The maximum absolute atomic E-state index is 12.6. The number of nitrogens with two attached hydrogens (primary N) is 1. The molecule has 0 bridgehead atoms. The number of aliphatic hydroxyl groups is 1. The van der Waals surface area contributed by atoms with Crippen LogP contribution in [0.15, 0.2) is 78.9 Å². The van der Waals surface area contributed by atoms with E-state index < -0.39 is 0 Å². The molecule has 0 saturated heterocycles. The van der Waals surface area contributed by atoms with Gasteiger partial charge in [0.15, 0.2) is 5.65 Å². The molecule has 4 aromatic rings. The van der Waals surface area contributed by atoms with E-state index in [0.29, 0.717) is 23.4 Å². The summed E-state index contributed by atoms with van der Waals surface area (Å²) in [6, 6.07) is 11.3. The quantitative estimate of drug-likeness (QED) is 0.429. The van der Waals surface area contributed by atoms with Crippen molar-refractivity contribution in [2.45, 2.75) is 13.8 Å². The van der Waals surface area contributed by atoms with Crippen LogP contribution in [0.4, 0.5) is 0 Å². The van der Waals surface area contributed by atoms with Crippen molar-refractivity contribution in [2.24, 2.45) is 11.1 Å². The first-order valence-corrected chi connectivity index (χ1v) is 10.1. The molecule has 0 spiro atoms. The molecular formula is C24H27N5O3. The van der Waals surface area contributed by atoms with Gasteiger partial charge in [-0.15, -0.1) is 0 Å². The third-order valence-corrected chi connectivity index (χ3v) is 4.74. The smallest absolute Gasteiger partial charge is 0.260 e. The second-order valence-electron chi connectivity index (χ2n) is 7.93. The molecule has 4 rings (SSSR count). The molecule has 0 aliphatic heterocycles. The molecule has 8 nitrogen and oxygen atoms in total. The number of pyridine rings is 1. The molecule has 166 valence electrons. The Bertz CT molecular complexity index is 1230. The average Bonchev–Trinajstić information content (AvgIpc) is 3.20. The summed E-state index contributed by atoms with van der Waals surface area (Å²) in [5.41, 5.74) is 7.16. The zero-order chi connectivity index (χ0) is 23.1.